The number of aliphatic hydroxyl groups is 1. The van der Waals surface area contributed by atoms with Crippen molar-refractivity contribution in [3.63, 3.8) is 0 Å². The Morgan fingerprint density at radius 3 is 3.00 bits per heavy atom. The largest absolute Gasteiger partial charge is 0.394 e. The Kier molecular flexibility index (Phi) is 3.26. The predicted octanol–water partition coefficient (Wildman–Crippen LogP) is 1.73. The maximum absolute atomic E-state index is 13.0. The molecule has 0 radical (unpaired) electrons. The van der Waals surface area contributed by atoms with Crippen molar-refractivity contribution in [1.82, 2.24) is 5.32 Å². The standard InChI is InChI=1S/C13H18FNO/c1-13(9-16)7-11(8-15-13)5-10-3-2-4-12(14)6-10/h2-4,6,11,15-16H,5,7-9H2,1H3. The fourth-order valence-electron chi connectivity index (χ4n) is 2.43. The molecule has 1 aliphatic rings. The molecule has 2 unspecified atom stereocenters. The van der Waals surface area contributed by atoms with E-state index in [0.29, 0.717) is 5.92 Å². The van der Waals surface area contributed by atoms with Gasteiger partial charge in [-0.1, -0.05) is 12.1 Å². The average molecular weight is 223 g/mol. The van der Waals surface area contributed by atoms with E-state index in [0.717, 1.165) is 24.9 Å². The molecule has 1 aromatic carbocycles. The van der Waals surface area contributed by atoms with Crippen LogP contribution in [0.3, 0.4) is 0 Å². The predicted molar refractivity (Wildman–Crippen MR) is 61.7 cm³/mol. The van der Waals surface area contributed by atoms with Gasteiger partial charge in [-0.3, -0.25) is 0 Å². The lowest BCUT2D eigenvalue weighted by Gasteiger charge is -2.21. The molecule has 2 atom stereocenters. The van der Waals surface area contributed by atoms with Gasteiger partial charge in [-0.05, 0) is 49.9 Å². The average Bonchev–Trinajstić information content (AvgIpc) is 2.61. The Bertz CT molecular complexity index is 369. The van der Waals surface area contributed by atoms with Gasteiger partial charge < -0.3 is 10.4 Å². The monoisotopic (exact) mass is 223 g/mol. The van der Waals surface area contributed by atoms with Gasteiger partial charge in [-0.25, -0.2) is 4.39 Å². The number of halogens is 1. The summed E-state index contributed by atoms with van der Waals surface area (Å²) in [6.45, 7) is 3.08. The quantitative estimate of drug-likeness (QED) is 0.818. The van der Waals surface area contributed by atoms with Crippen molar-refractivity contribution < 1.29 is 9.50 Å². The van der Waals surface area contributed by atoms with Crippen LogP contribution in [0.5, 0.6) is 0 Å². The van der Waals surface area contributed by atoms with E-state index in [4.69, 9.17) is 0 Å². The molecular formula is C13H18FNO. The number of rotatable bonds is 3. The van der Waals surface area contributed by atoms with Gasteiger partial charge in [-0.15, -0.1) is 0 Å². The van der Waals surface area contributed by atoms with E-state index in [9.17, 15) is 9.50 Å². The highest BCUT2D eigenvalue weighted by atomic mass is 19.1. The topological polar surface area (TPSA) is 32.3 Å². The lowest BCUT2D eigenvalue weighted by Crippen LogP contribution is -2.39. The molecule has 0 aromatic heterocycles. The lowest BCUT2D eigenvalue weighted by molar-refractivity contribution is 0.189. The van der Waals surface area contributed by atoms with Crippen molar-refractivity contribution in [2.45, 2.75) is 25.3 Å². The Balaban J connectivity index is 1.97. The van der Waals surface area contributed by atoms with Gasteiger partial charge in [0.2, 0.25) is 0 Å². The first-order valence-electron chi connectivity index (χ1n) is 5.72. The molecule has 88 valence electrons. The van der Waals surface area contributed by atoms with Crippen LogP contribution in [0.4, 0.5) is 4.39 Å². The van der Waals surface area contributed by atoms with Crippen LogP contribution in [0.1, 0.15) is 18.9 Å². The number of hydrogen-bond acceptors (Lipinski definition) is 2. The Labute approximate surface area is 95.5 Å². The Morgan fingerprint density at radius 1 is 1.56 bits per heavy atom. The van der Waals surface area contributed by atoms with E-state index in [1.165, 1.54) is 6.07 Å². The maximum Gasteiger partial charge on any atom is 0.123 e. The van der Waals surface area contributed by atoms with Crippen molar-refractivity contribution >= 4 is 0 Å². The highest BCUT2D eigenvalue weighted by Crippen LogP contribution is 2.26. The van der Waals surface area contributed by atoms with Gasteiger partial charge in [0, 0.05) is 5.54 Å². The maximum atomic E-state index is 13.0. The Morgan fingerprint density at radius 2 is 2.38 bits per heavy atom. The first kappa shape index (κ1) is 11.6. The second-order valence-corrected chi connectivity index (χ2v) is 5.00. The van der Waals surface area contributed by atoms with E-state index < -0.39 is 0 Å². The Hall–Kier alpha value is -0.930. The van der Waals surface area contributed by atoms with Crippen LogP contribution in [-0.4, -0.2) is 23.8 Å². The van der Waals surface area contributed by atoms with Crippen molar-refractivity contribution in [3.8, 4) is 0 Å². The van der Waals surface area contributed by atoms with Crippen LogP contribution in [0.25, 0.3) is 0 Å². The number of benzene rings is 1. The van der Waals surface area contributed by atoms with Crippen LogP contribution in [0.2, 0.25) is 0 Å². The van der Waals surface area contributed by atoms with Gasteiger partial charge in [0.1, 0.15) is 5.82 Å². The van der Waals surface area contributed by atoms with Crippen LogP contribution >= 0.6 is 0 Å². The zero-order valence-corrected chi connectivity index (χ0v) is 9.54. The second kappa shape index (κ2) is 4.52. The molecule has 0 bridgehead atoms. The minimum atomic E-state index is -0.173. The molecule has 2 rings (SSSR count). The van der Waals surface area contributed by atoms with Gasteiger partial charge in [0.25, 0.3) is 0 Å². The first-order valence-corrected chi connectivity index (χ1v) is 5.72. The molecule has 0 aliphatic carbocycles. The molecule has 1 saturated heterocycles. The minimum absolute atomic E-state index is 0.155. The number of aliphatic hydroxyl groups excluding tert-OH is 1. The number of hydrogen-bond donors (Lipinski definition) is 2. The van der Waals surface area contributed by atoms with E-state index in [1.54, 1.807) is 12.1 Å². The van der Waals surface area contributed by atoms with E-state index >= 15 is 0 Å². The smallest absolute Gasteiger partial charge is 0.123 e. The SMILES string of the molecule is CC1(CO)CC(Cc2cccc(F)c2)CN1. The van der Waals surface area contributed by atoms with Crippen LogP contribution in [0, 0.1) is 11.7 Å². The summed E-state index contributed by atoms with van der Waals surface area (Å²) in [5.41, 5.74) is 0.881. The summed E-state index contributed by atoms with van der Waals surface area (Å²) in [6.07, 6.45) is 1.82. The normalized spacial score (nSPS) is 29.6. The van der Waals surface area contributed by atoms with Gasteiger partial charge in [-0.2, -0.15) is 0 Å². The zero-order chi connectivity index (χ0) is 11.6. The van der Waals surface area contributed by atoms with Crippen molar-refractivity contribution in [3.05, 3.63) is 35.6 Å². The highest BCUT2D eigenvalue weighted by molar-refractivity contribution is 5.17. The summed E-state index contributed by atoms with van der Waals surface area (Å²) in [6, 6.07) is 6.76. The fraction of sp³-hybridized carbons (Fsp3) is 0.538. The van der Waals surface area contributed by atoms with Gasteiger partial charge in [0.05, 0.1) is 6.61 Å². The second-order valence-electron chi connectivity index (χ2n) is 5.00. The van der Waals surface area contributed by atoms with E-state index in [-0.39, 0.29) is 18.0 Å². The highest BCUT2D eigenvalue weighted by Gasteiger charge is 2.33. The molecular weight excluding hydrogens is 205 g/mol. The van der Waals surface area contributed by atoms with Gasteiger partial charge in [0.15, 0.2) is 0 Å². The van der Waals surface area contributed by atoms with E-state index in [2.05, 4.69) is 5.32 Å². The summed E-state index contributed by atoms with van der Waals surface area (Å²) in [5.74, 6) is 0.312. The molecule has 1 aromatic rings. The van der Waals surface area contributed by atoms with Crippen LogP contribution in [-0.2, 0) is 6.42 Å². The van der Waals surface area contributed by atoms with Crippen molar-refractivity contribution in [2.75, 3.05) is 13.2 Å². The summed E-state index contributed by atoms with van der Waals surface area (Å²) < 4.78 is 13.0. The molecule has 1 fully saturated rings. The van der Waals surface area contributed by atoms with Crippen molar-refractivity contribution in [2.24, 2.45) is 5.92 Å². The lowest BCUT2D eigenvalue weighted by atomic mass is 9.91. The first-order chi connectivity index (χ1) is 7.61. The summed E-state index contributed by atoms with van der Waals surface area (Å²) in [4.78, 5) is 0. The number of nitrogens with one attached hydrogen (secondary N) is 1. The molecule has 1 aliphatic heterocycles. The third-order valence-electron chi connectivity index (χ3n) is 3.32. The van der Waals surface area contributed by atoms with E-state index in [1.807, 2.05) is 13.0 Å². The van der Waals surface area contributed by atoms with Gasteiger partial charge >= 0.3 is 0 Å². The molecule has 0 spiro atoms. The zero-order valence-electron chi connectivity index (χ0n) is 9.54. The third-order valence-corrected chi connectivity index (χ3v) is 3.32. The minimum Gasteiger partial charge on any atom is -0.394 e. The van der Waals surface area contributed by atoms with Crippen LogP contribution < -0.4 is 5.32 Å². The van der Waals surface area contributed by atoms with Crippen molar-refractivity contribution in [1.29, 1.82) is 0 Å². The summed E-state index contributed by atoms with van der Waals surface area (Å²) in [5, 5.41) is 12.6. The molecule has 1 heterocycles. The molecule has 3 heteroatoms. The molecule has 2 N–H and O–H groups in total. The van der Waals surface area contributed by atoms with Crippen LogP contribution in [0.15, 0.2) is 24.3 Å². The third kappa shape index (κ3) is 2.60. The molecule has 0 amide bonds. The molecule has 2 nitrogen and oxygen atoms in total. The summed E-state index contributed by atoms with van der Waals surface area (Å²) >= 11 is 0. The summed E-state index contributed by atoms with van der Waals surface area (Å²) in [7, 11) is 0. The fourth-order valence-corrected chi connectivity index (χ4v) is 2.43. The molecule has 16 heavy (non-hydrogen) atoms. The molecule has 0 saturated carbocycles.